The van der Waals surface area contributed by atoms with Crippen LogP contribution in [0.2, 0.25) is 5.02 Å². The SMILES string of the molecule is CC.CCC1c2ccnc(F)c2CC(C)N1C(=O)Nc1cc(C)c(Cl)cc1F. The zero-order chi connectivity index (χ0) is 21.0. The molecule has 0 fully saturated rings. The predicted molar refractivity (Wildman–Crippen MR) is 109 cm³/mol. The maximum Gasteiger partial charge on any atom is 0.322 e. The largest absolute Gasteiger partial charge is 0.322 e. The Kier molecular flexibility index (Phi) is 7.35. The van der Waals surface area contributed by atoms with E-state index >= 15 is 0 Å². The van der Waals surface area contributed by atoms with Gasteiger partial charge in [0.1, 0.15) is 5.82 Å². The number of pyridine rings is 1. The van der Waals surface area contributed by atoms with Crippen LogP contribution in [0, 0.1) is 18.7 Å². The summed E-state index contributed by atoms with van der Waals surface area (Å²) in [5.74, 6) is -1.09. The lowest BCUT2D eigenvalue weighted by molar-refractivity contribution is 0.147. The summed E-state index contributed by atoms with van der Waals surface area (Å²) in [7, 11) is 0. The molecule has 2 unspecified atom stereocenters. The summed E-state index contributed by atoms with van der Waals surface area (Å²) in [6.45, 7) is 9.51. The summed E-state index contributed by atoms with van der Waals surface area (Å²) in [4.78, 5) is 18.3. The number of amides is 2. The third-order valence-corrected chi connectivity index (χ3v) is 5.23. The molecular formula is C21H26ClF2N3O. The normalized spacial score (nSPS) is 18.1. The molecule has 2 amide bonds. The first-order valence-corrected chi connectivity index (χ1v) is 9.89. The molecule has 1 aliphatic heterocycles. The molecule has 2 atom stereocenters. The molecule has 0 radical (unpaired) electrons. The van der Waals surface area contributed by atoms with Crippen LogP contribution in [0.4, 0.5) is 19.3 Å². The minimum Gasteiger partial charge on any atom is -0.314 e. The van der Waals surface area contributed by atoms with E-state index in [-0.39, 0.29) is 17.8 Å². The van der Waals surface area contributed by atoms with Crippen LogP contribution >= 0.6 is 11.6 Å². The Morgan fingerprint density at radius 3 is 2.68 bits per heavy atom. The van der Waals surface area contributed by atoms with E-state index in [0.29, 0.717) is 29.0 Å². The van der Waals surface area contributed by atoms with E-state index in [0.717, 1.165) is 5.56 Å². The van der Waals surface area contributed by atoms with Gasteiger partial charge < -0.3 is 10.2 Å². The number of urea groups is 1. The third kappa shape index (κ3) is 4.27. The second kappa shape index (κ2) is 9.32. The zero-order valence-corrected chi connectivity index (χ0v) is 17.6. The van der Waals surface area contributed by atoms with Crippen LogP contribution in [0.25, 0.3) is 0 Å². The van der Waals surface area contributed by atoms with E-state index in [9.17, 15) is 13.6 Å². The molecule has 1 aromatic heterocycles. The number of aromatic nitrogens is 1. The lowest BCUT2D eigenvalue weighted by Crippen LogP contribution is -2.48. The van der Waals surface area contributed by atoms with Crippen LogP contribution in [-0.4, -0.2) is 22.0 Å². The number of nitrogens with one attached hydrogen (secondary N) is 1. The van der Waals surface area contributed by atoms with E-state index in [2.05, 4.69) is 10.3 Å². The predicted octanol–water partition coefficient (Wildman–Crippen LogP) is 6.28. The average molecular weight is 410 g/mol. The number of halogens is 3. The Bertz CT molecular complexity index is 860. The summed E-state index contributed by atoms with van der Waals surface area (Å²) in [6, 6.07) is 3.45. The summed E-state index contributed by atoms with van der Waals surface area (Å²) in [5, 5.41) is 2.93. The molecular weight excluding hydrogens is 384 g/mol. The topological polar surface area (TPSA) is 45.2 Å². The summed E-state index contributed by atoms with van der Waals surface area (Å²) >= 11 is 5.91. The molecule has 28 heavy (non-hydrogen) atoms. The Balaban J connectivity index is 0.00000136. The highest BCUT2D eigenvalue weighted by atomic mass is 35.5. The molecule has 3 rings (SSSR count). The van der Waals surface area contributed by atoms with E-state index in [1.165, 1.54) is 18.3 Å². The van der Waals surface area contributed by atoms with Gasteiger partial charge in [0.25, 0.3) is 0 Å². The maximum absolute atomic E-state index is 14.2. The van der Waals surface area contributed by atoms with Gasteiger partial charge >= 0.3 is 6.03 Å². The number of hydrogen-bond acceptors (Lipinski definition) is 2. The molecule has 0 aliphatic carbocycles. The summed E-state index contributed by atoms with van der Waals surface area (Å²) in [6.07, 6.45) is 2.38. The quantitative estimate of drug-likeness (QED) is 0.593. The Morgan fingerprint density at radius 1 is 1.36 bits per heavy atom. The lowest BCUT2D eigenvalue weighted by Gasteiger charge is -2.41. The second-order valence-electron chi connectivity index (χ2n) is 6.57. The molecule has 2 heterocycles. The number of hydrogen-bond donors (Lipinski definition) is 1. The molecule has 0 saturated heterocycles. The highest BCUT2D eigenvalue weighted by Gasteiger charge is 2.36. The van der Waals surface area contributed by atoms with Gasteiger partial charge in [-0.05, 0) is 56.0 Å². The molecule has 0 spiro atoms. The van der Waals surface area contributed by atoms with Gasteiger partial charge in [-0.1, -0.05) is 32.4 Å². The number of anilines is 1. The molecule has 152 valence electrons. The first kappa shape index (κ1) is 22.1. The van der Waals surface area contributed by atoms with Crippen molar-refractivity contribution >= 4 is 23.3 Å². The number of nitrogens with zero attached hydrogens (tertiary/aromatic N) is 2. The molecule has 7 heteroatoms. The summed E-state index contributed by atoms with van der Waals surface area (Å²) < 4.78 is 28.2. The Morgan fingerprint density at radius 2 is 2.04 bits per heavy atom. The average Bonchev–Trinajstić information content (AvgIpc) is 2.67. The molecule has 1 aliphatic rings. The van der Waals surface area contributed by atoms with Crippen molar-refractivity contribution in [1.82, 2.24) is 9.88 Å². The fourth-order valence-electron chi connectivity index (χ4n) is 3.54. The van der Waals surface area contributed by atoms with Crippen molar-refractivity contribution in [2.45, 2.75) is 59.5 Å². The molecule has 0 saturated carbocycles. The van der Waals surface area contributed by atoms with Crippen molar-refractivity contribution in [2.24, 2.45) is 0 Å². The highest BCUT2D eigenvalue weighted by molar-refractivity contribution is 6.31. The van der Waals surface area contributed by atoms with E-state index in [4.69, 9.17) is 11.6 Å². The van der Waals surface area contributed by atoms with E-state index < -0.39 is 17.8 Å². The smallest absolute Gasteiger partial charge is 0.314 e. The number of carbonyl (C=O) groups is 1. The third-order valence-electron chi connectivity index (χ3n) is 4.82. The van der Waals surface area contributed by atoms with Gasteiger partial charge in [0.15, 0.2) is 0 Å². The molecule has 1 aromatic carbocycles. The van der Waals surface area contributed by atoms with E-state index in [1.54, 1.807) is 17.9 Å². The van der Waals surface area contributed by atoms with Crippen LogP contribution in [0.1, 0.15) is 56.8 Å². The van der Waals surface area contributed by atoms with Gasteiger partial charge in [-0.15, -0.1) is 0 Å². The van der Waals surface area contributed by atoms with Gasteiger partial charge in [0.2, 0.25) is 5.95 Å². The number of carbonyl (C=O) groups excluding carboxylic acids is 1. The van der Waals surface area contributed by atoms with Crippen molar-refractivity contribution in [3.05, 3.63) is 57.9 Å². The minimum atomic E-state index is -0.595. The number of benzene rings is 1. The molecule has 4 nitrogen and oxygen atoms in total. The number of fused-ring (bicyclic) bond motifs is 1. The van der Waals surface area contributed by atoms with Crippen molar-refractivity contribution in [3.8, 4) is 0 Å². The van der Waals surface area contributed by atoms with Crippen molar-refractivity contribution in [1.29, 1.82) is 0 Å². The summed E-state index contributed by atoms with van der Waals surface area (Å²) in [5.41, 5.74) is 2.04. The standard InChI is InChI=1S/C19H20ClF2N3O.C2H6/c1-4-17-12-5-6-23-18(22)13(12)8-11(3)25(17)19(26)24-16-7-10(2)14(20)9-15(16)21;1-2/h5-7,9,11,17H,4,8H2,1-3H3,(H,24,26);1-2H3. The van der Waals surface area contributed by atoms with Gasteiger partial charge in [0.05, 0.1) is 11.7 Å². The fourth-order valence-corrected chi connectivity index (χ4v) is 3.69. The van der Waals surface area contributed by atoms with Crippen molar-refractivity contribution < 1.29 is 13.6 Å². The zero-order valence-electron chi connectivity index (χ0n) is 16.8. The molecule has 1 N–H and O–H groups in total. The number of rotatable bonds is 2. The number of aryl methyl sites for hydroxylation is 1. The van der Waals surface area contributed by atoms with Gasteiger partial charge in [-0.25, -0.2) is 14.2 Å². The van der Waals surface area contributed by atoms with Crippen molar-refractivity contribution in [3.63, 3.8) is 0 Å². The van der Waals surface area contributed by atoms with Gasteiger partial charge in [-0.3, -0.25) is 0 Å². The van der Waals surface area contributed by atoms with Crippen LogP contribution in [0.15, 0.2) is 24.4 Å². The Labute approximate surface area is 169 Å². The molecule has 0 bridgehead atoms. The van der Waals surface area contributed by atoms with Crippen LogP contribution < -0.4 is 5.32 Å². The van der Waals surface area contributed by atoms with Gasteiger partial charge in [-0.2, -0.15) is 4.39 Å². The minimum absolute atomic E-state index is 0.0747. The Hall–Kier alpha value is -2.21. The lowest BCUT2D eigenvalue weighted by atomic mass is 9.89. The monoisotopic (exact) mass is 409 g/mol. The first-order chi connectivity index (χ1) is 13.3. The fraction of sp³-hybridized carbons (Fsp3) is 0.429. The van der Waals surface area contributed by atoms with Crippen molar-refractivity contribution in [2.75, 3.05) is 5.32 Å². The second-order valence-corrected chi connectivity index (χ2v) is 6.97. The van der Waals surface area contributed by atoms with E-state index in [1.807, 2.05) is 27.7 Å². The van der Waals surface area contributed by atoms with Crippen LogP contribution in [0.3, 0.4) is 0 Å². The van der Waals surface area contributed by atoms with Crippen LogP contribution in [0.5, 0.6) is 0 Å². The van der Waals surface area contributed by atoms with Gasteiger partial charge in [0, 0.05) is 22.8 Å². The van der Waals surface area contributed by atoms with Crippen LogP contribution in [-0.2, 0) is 6.42 Å². The highest BCUT2D eigenvalue weighted by Crippen LogP contribution is 2.36. The maximum atomic E-state index is 14.2. The first-order valence-electron chi connectivity index (χ1n) is 9.51. The molecule has 2 aromatic rings.